The second-order valence-corrected chi connectivity index (χ2v) is 6.67. The van der Waals surface area contributed by atoms with Gasteiger partial charge in [0.2, 0.25) is 0 Å². The molecule has 1 aromatic heterocycles. The first-order valence-electron chi connectivity index (χ1n) is 9.18. The van der Waals surface area contributed by atoms with Gasteiger partial charge in [0.05, 0.1) is 30.5 Å². The van der Waals surface area contributed by atoms with Crippen LogP contribution < -0.4 is 0 Å². The van der Waals surface area contributed by atoms with E-state index in [0.29, 0.717) is 18.7 Å². The highest BCUT2D eigenvalue weighted by Crippen LogP contribution is 2.30. The molecular formula is C23H25NO3. The van der Waals surface area contributed by atoms with Crippen LogP contribution in [0.1, 0.15) is 40.2 Å². The Kier molecular flexibility index (Phi) is 5.77. The lowest BCUT2D eigenvalue weighted by Gasteiger charge is -2.18. The Morgan fingerprint density at radius 1 is 1.07 bits per heavy atom. The van der Waals surface area contributed by atoms with Gasteiger partial charge in [0.1, 0.15) is 0 Å². The first kappa shape index (κ1) is 18.9. The molecule has 4 heteroatoms. The van der Waals surface area contributed by atoms with Crippen molar-refractivity contribution in [1.82, 2.24) is 4.57 Å². The molecule has 0 aliphatic carbocycles. The molecule has 0 amide bonds. The number of carbonyl (C=O) groups excluding carboxylic acids is 1. The molecule has 3 aromatic rings. The van der Waals surface area contributed by atoms with E-state index in [4.69, 9.17) is 4.74 Å². The van der Waals surface area contributed by atoms with Crippen molar-refractivity contribution in [3.63, 3.8) is 0 Å². The van der Waals surface area contributed by atoms with Crippen LogP contribution in [-0.4, -0.2) is 22.2 Å². The second kappa shape index (κ2) is 8.23. The number of hydrogen-bond acceptors (Lipinski definition) is 3. The highest BCUT2D eigenvalue weighted by molar-refractivity contribution is 5.97. The van der Waals surface area contributed by atoms with E-state index in [-0.39, 0.29) is 5.97 Å². The van der Waals surface area contributed by atoms with E-state index in [1.807, 2.05) is 79.1 Å². The number of carbonyl (C=O) groups is 1. The van der Waals surface area contributed by atoms with Gasteiger partial charge in [-0.25, -0.2) is 4.79 Å². The van der Waals surface area contributed by atoms with E-state index in [1.54, 1.807) is 6.92 Å². The van der Waals surface area contributed by atoms with E-state index in [9.17, 15) is 9.90 Å². The number of aromatic nitrogens is 1. The maximum Gasteiger partial charge on any atom is 0.340 e. The molecular weight excluding hydrogens is 338 g/mol. The van der Waals surface area contributed by atoms with E-state index >= 15 is 0 Å². The standard InChI is InChI=1S/C23H25NO3/c1-4-27-23(26)20-14-17(3)24(15-21(25)18-8-6-5-7-9-18)22(20)19-12-10-16(2)11-13-19/h5-14,21,25H,4,15H2,1-3H3. The number of aliphatic hydroxyl groups excluding tert-OH is 1. The van der Waals surface area contributed by atoms with Gasteiger partial charge in [-0.3, -0.25) is 0 Å². The molecule has 2 aromatic carbocycles. The van der Waals surface area contributed by atoms with Crippen LogP contribution in [0.4, 0.5) is 0 Å². The number of ether oxygens (including phenoxy) is 1. The summed E-state index contributed by atoms with van der Waals surface area (Å²) in [5.41, 5.74) is 5.13. The molecule has 0 fully saturated rings. The number of nitrogens with zero attached hydrogens (tertiary/aromatic N) is 1. The van der Waals surface area contributed by atoms with Crippen LogP contribution in [0.5, 0.6) is 0 Å². The van der Waals surface area contributed by atoms with Crippen LogP contribution in [0.15, 0.2) is 60.7 Å². The Morgan fingerprint density at radius 3 is 2.37 bits per heavy atom. The molecule has 0 radical (unpaired) electrons. The molecule has 0 saturated heterocycles. The van der Waals surface area contributed by atoms with Crippen LogP contribution >= 0.6 is 0 Å². The van der Waals surface area contributed by atoms with Gasteiger partial charge in [-0.05, 0) is 38.0 Å². The largest absolute Gasteiger partial charge is 0.462 e. The normalized spacial score (nSPS) is 12.0. The average Bonchev–Trinajstić information content (AvgIpc) is 3.00. The third kappa shape index (κ3) is 4.12. The molecule has 0 aliphatic heterocycles. The number of hydrogen-bond donors (Lipinski definition) is 1. The fourth-order valence-electron chi connectivity index (χ4n) is 3.25. The highest BCUT2D eigenvalue weighted by atomic mass is 16.5. The summed E-state index contributed by atoms with van der Waals surface area (Å²) in [6, 6.07) is 19.4. The van der Waals surface area contributed by atoms with Gasteiger partial charge in [0, 0.05) is 5.69 Å². The lowest BCUT2D eigenvalue weighted by molar-refractivity contribution is 0.0527. The Hall–Kier alpha value is -2.85. The average molecular weight is 363 g/mol. The molecule has 0 spiro atoms. The van der Waals surface area contributed by atoms with Crippen LogP contribution in [0.25, 0.3) is 11.3 Å². The minimum atomic E-state index is -0.670. The van der Waals surface area contributed by atoms with Gasteiger partial charge in [0.15, 0.2) is 0 Å². The zero-order valence-electron chi connectivity index (χ0n) is 16.0. The summed E-state index contributed by atoms with van der Waals surface area (Å²) in [6.45, 7) is 6.45. The molecule has 1 atom stereocenters. The van der Waals surface area contributed by atoms with Crippen LogP contribution in [-0.2, 0) is 11.3 Å². The molecule has 0 bridgehead atoms. The summed E-state index contributed by atoms with van der Waals surface area (Å²) in [5, 5.41) is 10.7. The van der Waals surface area contributed by atoms with Crippen molar-refractivity contribution in [2.24, 2.45) is 0 Å². The van der Waals surface area contributed by atoms with Crippen molar-refractivity contribution in [1.29, 1.82) is 0 Å². The Labute approximate surface area is 160 Å². The number of aliphatic hydroxyl groups is 1. The summed E-state index contributed by atoms with van der Waals surface area (Å²) in [7, 11) is 0. The predicted octanol–water partition coefficient (Wildman–Crippen LogP) is 4.68. The lowest BCUT2D eigenvalue weighted by atomic mass is 10.1. The van der Waals surface area contributed by atoms with Crippen LogP contribution in [0.3, 0.4) is 0 Å². The minimum absolute atomic E-state index is 0.322. The van der Waals surface area contributed by atoms with E-state index < -0.39 is 6.10 Å². The maximum atomic E-state index is 12.5. The first-order valence-corrected chi connectivity index (χ1v) is 9.18. The van der Waals surface area contributed by atoms with Gasteiger partial charge in [-0.1, -0.05) is 60.2 Å². The number of esters is 1. The van der Waals surface area contributed by atoms with Crippen molar-refractivity contribution < 1.29 is 14.6 Å². The minimum Gasteiger partial charge on any atom is -0.462 e. The molecule has 1 unspecified atom stereocenters. The van der Waals surface area contributed by atoms with Crippen molar-refractivity contribution in [3.8, 4) is 11.3 Å². The second-order valence-electron chi connectivity index (χ2n) is 6.67. The zero-order chi connectivity index (χ0) is 19.4. The topological polar surface area (TPSA) is 51.5 Å². The quantitative estimate of drug-likeness (QED) is 0.647. The number of aryl methyl sites for hydroxylation is 2. The SMILES string of the molecule is CCOC(=O)c1cc(C)n(CC(O)c2ccccc2)c1-c1ccc(C)cc1. The van der Waals surface area contributed by atoms with Gasteiger partial charge < -0.3 is 14.4 Å². The zero-order valence-corrected chi connectivity index (χ0v) is 16.0. The van der Waals surface area contributed by atoms with Crippen molar-refractivity contribution >= 4 is 5.97 Å². The molecule has 1 heterocycles. The van der Waals surface area contributed by atoms with E-state index in [0.717, 1.165) is 28.1 Å². The predicted molar refractivity (Wildman–Crippen MR) is 107 cm³/mol. The smallest absolute Gasteiger partial charge is 0.340 e. The molecule has 3 rings (SSSR count). The fraction of sp³-hybridized carbons (Fsp3) is 0.261. The van der Waals surface area contributed by atoms with Crippen LogP contribution in [0.2, 0.25) is 0 Å². The van der Waals surface area contributed by atoms with Gasteiger partial charge >= 0.3 is 5.97 Å². The lowest BCUT2D eigenvalue weighted by Crippen LogP contribution is -2.12. The van der Waals surface area contributed by atoms with Gasteiger partial charge in [-0.15, -0.1) is 0 Å². The molecule has 0 saturated carbocycles. The molecule has 140 valence electrons. The highest BCUT2D eigenvalue weighted by Gasteiger charge is 2.22. The molecule has 1 N–H and O–H groups in total. The third-order valence-corrected chi connectivity index (χ3v) is 4.66. The maximum absolute atomic E-state index is 12.5. The van der Waals surface area contributed by atoms with E-state index in [2.05, 4.69) is 0 Å². The summed E-state index contributed by atoms with van der Waals surface area (Å²) < 4.78 is 7.25. The van der Waals surface area contributed by atoms with Crippen molar-refractivity contribution in [2.45, 2.75) is 33.4 Å². The van der Waals surface area contributed by atoms with Gasteiger partial charge in [0.25, 0.3) is 0 Å². The monoisotopic (exact) mass is 363 g/mol. The Bertz CT molecular complexity index is 911. The van der Waals surface area contributed by atoms with Crippen molar-refractivity contribution in [3.05, 3.63) is 83.0 Å². The summed E-state index contributed by atoms with van der Waals surface area (Å²) >= 11 is 0. The third-order valence-electron chi connectivity index (χ3n) is 4.66. The summed E-state index contributed by atoms with van der Waals surface area (Å²) in [6.07, 6.45) is -0.670. The molecule has 0 aliphatic rings. The van der Waals surface area contributed by atoms with Crippen molar-refractivity contribution in [2.75, 3.05) is 6.61 Å². The first-order chi connectivity index (χ1) is 13.0. The van der Waals surface area contributed by atoms with Crippen LogP contribution in [0, 0.1) is 13.8 Å². The van der Waals surface area contributed by atoms with Gasteiger partial charge in [-0.2, -0.15) is 0 Å². The molecule has 27 heavy (non-hydrogen) atoms. The molecule has 4 nitrogen and oxygen atoms in total. The Balaban J connectivity index is 2.06. The fourth-order valence-corrected chi connectivity index (χ4v) is 3.25. The van der Waals surface area contributed by atoms with E-state index in [1.165, 1.54) is 0 Å². The summed E-state index contributed by atoms with van der Waals surface area (Å²) in [4.78, 5) is 12.5. The number of rotatable bonds is 6. The summed E-state index contributed by atoms with van der Waals surface area (Å²) in [5.74, 6) is -0.343. The number of benzene rings is 2. The Morgan fingerprint density at radius 2 is 1.74 bits per heavy atom.